The van der Waals surface area contributed by atoms with Crippen LogP contribution in [0.15, 0.2) is 10.9 Å². The van der Waals surface area contributed by atoms with Crippen LogP contribution in [0.4, 0.5) is 0 Å². The first kappa shape index (κ1) is 8.88. The molecule has 0 bridgehead atoms. The molecule has 0 unspecified atom stereocenters. The highest BCUT2D eigenvalue weighted by Crippen LogP contribution is 2.38. The van der Waals surface area contributed by atoms with Crippen molar-refractivity contribution < 1.29 is 4.79 Å². The number of carbonyl (C=O) groups is 1. The second kappa shape index (κ2) is 3.58. The van der Waals surface area contributed by atoms with Gasteiger partial charge in [-0.15, -0.1) is 11.3 Å². The molecule has 0 amide bonds. The largest absolute Gasteiger partial charge is 0.303 e. The van der Waals surface area contributed by atoms with Gasteiger partial charge in [0.15, 0.2) is 0 Å². The van der Waals surface area contributed by atoms with E-state index in [1.807, 2.05) is 10.9 Å². The lowest BCUT2D eigenvalue weighted by Crippen LogP contribution is -2.21. The van der Waals surface area contributed by atoms with E-state index in [0.717, 1.165) is 31.2 Å². The molecule has 1 aromatic heterocycles. The molecular formula is C10H13NOS. The van der Waals surface area contributed by atoms with Crippen molar-refractivity contribution >= 4 is 17.6 Å². The third-order valence-electron chi connectivity index (χ3n) is 2.87. The molecule has 1 fully saturated rings. The van der Waals surface area contributed by atoms with Gasteiger partial charge in [0.05, 0.1) is 11.2 Å². The minimum atomic E-state index is -0.0753. The summed E-state index contributed by atoms with van der Waals surface area (Å²) in [6.07, 6.45) is 6.49. The second-order valence-corrected chi connectivity index (χ2v) is 4.56. The molecule has 0 N–H and O–H groups in total. The van der Waals surface area contributed by atoms with Gasteiger partial charge in [-0.05, 0) is 12.8 Å². The molecule has 0 atom stereocenters. The van der Waals surface area contributed by atoms with Crippen molar-refractivity contribution in [3.8, 4) is 0 Å². The lowest BCUT2D eigenvalue weighted by molar-refractivity contribution is -0.115. The van der Waals surface area contributed by atoms with Crippen LogP contribution in [0.1, 0.15) is 31.4 Å². The van der Waals surface area contributed by atoms with Gasteiger partial charge in [0, 0.05) is 17.2 Å². The van der Waals surface area contributed by atoms with Gasteiger partial charge < -0.3 is 4.79 Å². The summed E-state index contributed by atoms with van der Waals surface area (Å²) < 4.78 is 0. The standard InChI is InChI=1S/C10H13NOS/c12-7-10(3-1-2-4-10)5-9-6-13-8-11-9/h6-8H,1-5H2. The normalized spacial score (nSPS) is 20.3. The lowest BCUT2D eigenvalue weighted by Gasteiger charge is -2.19. The topological polar surface area (TPSA) is 30.0 Å². The predicted octanol–water partition coefficient (Wildman–Crippen LogP) is 2.44. The van der Waals surface area contributed by atoms with Crippen molar-refractivity contribution in [2.24, 2.45) is 5.41 Å². The van der Waals surface area contributed by atoms with Crippen LogP contribution < -0.4 is 0 Å². The van der Waals surface area contributed by atoms with Crippen molar-refractivity contribution in [3.05, 3.63) is 16.6 Å². The molecule has 0 saturated heterocycles. The minimum absolute atomic E-state index is 0.0753. The van der Waals surface area contributed by atoms with Gasteiger partial charge in [-0.3, -0.25) is 0 Å². The monoisotopic (exact) mass is 195 g/mol. The van der Waals surface area contributed by atoms with Gasteiger partial charge in [0.2, 0.25) is 0 Å². The quantitative estimate of drug-likeness (QED) is 0.693. The van der Waals surface area contributed by atoms with Crippen LogP contribution >= 0.6 is 11.3 Å². The zero-order chi connectivity index (χ0) is 9.15. The van der Waals surface area contributed by atoms with E-state index in [9.17, 15) is 4.79 Å². The number of nitrogens with zero attached hydrogens (tertiary/aromatic N) is 1. The van der Waals surface area contributed by atoms with Gasteiger partial charge in [0.25, 0.3) is 0 Å². The van der Waals surface area contributed by atoms with E-state index >= 15 is 0 Å². The number of hydrogen-bond donors (Lipinski definition) is 0. The molecule has 1 saturated carbocycles. The summed E-state index contributed by atoms with van der Waals surface area (Å²) in [7, 11) is 0. The summed E-state index contributed by atoms with van der Waals surface area (Å²) in [5, 5.41) is 2.05. The molecule has 0 spiro atoms. The fourth-order valence-electron chi connectivity index (χ4n) is 2.10. The maximum Gasteiger partial charge on any atom is 0.126 e. The Kier molecular flexibility index (Phi) is 2.44. The summed E-state index contributed by atoms with van der Waals surface area (Å²) in [6, 6.07) is 0. The molecule has 1 heterocycles. The zero-order valence-electron chi connectivity index (χ0n) is 7.53. The molecule has 70 valence electrons. The molecule has 13 heavy (non-hydrogen) atoms. The van der Waals surface area contributed by atoms with E-state index in [4.69, 9.17) is 0 Å². The summed E-state index contributed by atoms with van der Waals surface area (Å²) in [5.74, 6) is 0. The summed E-state index contributed by atoms with van der Waals surface area (Å²) in [4.78, 5) is 15.3. The molecule has 1 aliphatic carbocycles. The van der Waals surface area contributed by atoms with Gasteiger partial charge in [-0.25, -0.2) is 4.98 Å². The maximum absolute atomic E-state index is 11.0. The molecule has 3 heteroatoms. The maximum atomic E-state index is 11.0. The van der Waals surface area contributed by atoms with E-state index in [2.05, 4.69) is 4.98 Å². The summed E-state index contributed by atoms with van der Waals surface area (Å²) in [6.45, 7) is 0. The Morgan fingerprint density at radius 1 is 1.54 bits per heavy atom. The van der Waals surface area contributed by atoms with Crippen LogP contribution in [0, 0.1) is 5.41 Å². The number of rotatable bonds is 3. The number of aldehydes is 1. The Morgan fingerprint density at radius 2 is 2.31 bits per heavy atom. The van der Waals surface area contributed by atoms with Crippen molar-refractivity contribution in [2.45, 2.75) is 32.1 Å². The number of hydrogen-bond acceptors (Lipinski definition) is 3. The summed E-state index contributed by atoms with van der Waals surface area (Å²) >= 11 is 1.61. The minimum Gasteiger partial charge on any atom is -0.303 e. The fraction of sp³-hybridized carbons (Fsp3) is 0.600. The van der Waals surface area contributed by atoms with Crippen LogP contribution in [0.25, 0.3) is 0 Å². The van der Waals surface area contributed by atoms with Crippen LogP contribution in [0.5, 0.6) is 0 Å². The van der Waals surface area contributed by atoms with E-state index in [0.29, 0.717) is 0 Å². The van der Waals surface area contributed by atoms with E-state index in [-0.39, 0.29) is 5.41 Å². The lowest BCUT2D eigenvalue weighted by atomic mass is 9.83. The van der Waals surface area contributed by atoms with Crippen molar-refractivity contribution in [1.82, 2.24) is 4.98 Å². The Morgan fingerprint density at radius 3 is 2.85 bits per heavy atom. The Labute approximate surface area is 82.0 Å². The van der Waals surface area contributed by atoms with Gasteiger partial charge in [-0.2, -0.15) is 0 Å². The Bertz CT molecular complexity index is 275. The summed E-state index contributed by atoms with van der Waals surface area (Å²) in [5.41, 5.74) is 2.84. The molecule has 0 aliphatic heterocycles. The molecule has 0 aromatic carbocycles. The number of aromatic nitrogens is 1. The number of carbonyl (C=O) groups excluding carboxylic acids is 1. The first-order valence-corrected chi connectivity index (χ1v) is 5.62. The van der Waals surface area contributed by atoms with Gasteiger partial charge in [-0.1, -0.05) is 12.8 Å². The second-order valence-electron chi connectivity index (χ2n) is 3.84. The molecule has 0 radical (unpaired) electrons. The average molecular weight is 195 g/mol. The van der Waals surface area contributed by atoms with E-state index in [1.54, 1.807) is 11.3 Å². The average Bonchev–Trinajstić information content (AvgIpc) is 2.77. The molecule has 1 aromatic rings. The highest BCUT2D eigenvalue weighted by molar-refractivity contribution is 7.07. The SMILES string of the molecule is O=CC1(Cc2cscn2)CCCC1. The van der Waals surface area contributed by atoms with Crippen molar-refractivity contribution in [1.29, 1.82) is 0 Å². The molecule has 1 aliphatic rings. The van der Waals surface area contributed by atoms with Crippen molar-refractivity contribution in [2.75, 3.05) is 0 Å². The Balaban J connectivity index is 2.10. The van der Waals surface area contributed by atoms with Crippen LogP contribution in [0.3, 0.4) is 0 Å². The third kappa shape index (κ3) is 1.80. The number of thiazole rings is 1. The van der Waals surface area contributed by atoms with E-state index in [1.165, 1.54) is 12.8 Å². The third-order valence-corrected chi connectivity index (χ3v) is 3.50. The van der Waals surface area contributed by atoms with Crippen LogP contribution in [-0.2, 0) is 11.2 Å². The zero-order valence-corrected chi connectivity index (χ0v) is 8.35. The van der Waals surface area contributed by atoms with Gasteiger partial charge >= 0.3 is 0 Å². The molecule has 2 rings (SSSR count). The highest BCUT2D eigenvalue weighted by Gasteiger charge is 2.33. The van der Waals surface area contributed by atoms with Crippen LogP contribution in [0.2, 0.25) is 0 Å². The first-order valence-electron chi connectivity index (χ1n) is 4.68. The van der Waals surface area contributed by atoms with Gasteiger partial charge in [0.1, 0.15) is 6.29 Å². The smallest absolute Gasteiger partial charge is 0.126 e. The molecule has 2 nitrogen and oxygen atoms in total. The van der Waals surface area contributed by atoms with Crippen LogP contribution in [-0.4, -0.2) is 11.3 Å². The molecular weight excluding hydrogens is 182 g/mol. The van der Waals surface area contributed by atoms with Crippen molar-refractivity contribution in [3.63, 3.8) is 0 Å². The Hall–Kier alpha value is -0.700. The first-order chi connectivity index (χ1) is 6.35. The fourth-order valence-corrected chi connectivity index (χ4v) is 2.66. The predicted molar refractivity (Wildman–Crippen MR) is 52.8 cm³/mol. The highest BCUT2D eigenvalue weighted by atomic mass is 32.1. The van der Waals surface area contributed by atoms with E-state index < -0.39 is 0 Å².